The maximum atomic E-state index is 5.39. The van der Waals surface area contributed by atoms with E-state index in [9.17, 15) is 0 Å². The summed E-state index contributed by atoms with van der Waals surface area (Å²) in [4.78, 5) is 6.07. The molecule has 0 radical (unpaired) electrons. The van der Waals surface area contributed by atoms with Gasteiger partial charge in [0.05, 0.1) is 0 Å². The quantitative estimate of drug-likeness (QED) is 0.349. The van der Waals surface area contributed by atoms with Gasteiger partial charge in [0.25, 0.3) is 0 Å². The zero-order valence-corrected chi connectivity index (χ0v) is 17.9. The topological polar surface area (TPSA) is 34.6 Å². The fourth-order valence-corrected chi connectivity index (χ4v) is 2.41. The normalized spacial score (nSPS) is 11.6. The molecule has 0 atom stereocenters. The summed E-state index contributed by atoms with van der Waals surface area (Å²) in [6.45, 7) is 1.55. The first-order valence-electron chi connectivity index (χ1n) is 6.46. The van der Waals surface area contributed by atoms with Crippen molar-refractivity contribution in [1.82, 2.24) is 9.88 Å². The molecule has 2 aromatic rings. The van der Waals surface area contributed by atoms with Gasteiger partial charge in [-0.05, 0) is 29.3 Å². The van der Waals surface area contributed by atoms with Crippen LogP contribution in [-0.4, -0.2) is 48.3 Å². The van der Waals surface area contributed by atoms with Crippen LogP contribution in [0.4, 0.5) is 0 Å². The summed E-state index contributed by atoms with van der Waals surface area (Å²) in [5, 5.41) is 0. The van der Waals surface area contributed by atoms with Crippen molar-refractivity contribution in [3.05, 3.63) is 53.9 Å². The first kappa shape index (κ1) is 17.4. The van der Waals surface area contributed by atoms with Crippen molar-refractivity contribution in [1.29, 1.82) is 0 Å². The van der Waals surface area contributed by atoms with Crippen molar-refractivity contribution in [2.45, 2.75) is 13.1 Å². The number of nitrogens with zero attached hydrogens (tertiary/aromatic N) is 2. The van der Waals surface area contributed by atoms with Gasteiger partial charge in [0, 0.05) is 25.5 Å². The van der Waals surface area contributed by atoms with Crippen LogP contribution in [0.3, 0.4) is 0 Å². The number of ether oxygens (including phenoxy) is 2. The van der Waals surface area contributed by atoms with Crippen molar-refractivity contribution in [3.8, 4) is 11.5 Å². The zero-order chi connectivity index (χ0) is 14.7. The van der Waals surface area contributed by atoms with Gasteiger partial charge in [-0.25, -0.2) is 0 Å². The largest absolute Gasteiger partial charge is 1.00 e. The second-order valence-electron chi connectivity index (χ2n) is 4.67. The molecule has 0 unspecified atom stereocenters. The van der Waals surface area contributed by atoms with Gasteiger partial charge in [-0.15, -0.1) is 0 Å². The standard InChI is InChI=1S/C15H14N2O2S2.Tl/c20-15(21)17(9-12-2-1-5-16-7-12)8-11-3-4-13-14(6-11)19-10-18-13;/h1-7H,8-10H2,(H,20,21);/q;+1/p-1. The maximum Gasteiger partial charge on any atom is 1.00 e. The van der Waals surface area contributed by atoms with Crippen molar-refractivity contribution in [3.63, 3.8) is 0 Å². The Morgan fingerprint density at radius 1 is 1.18 bits per heavy atom. The molecule has 3 rings (SSSR count). The van der Waals surface area contributed by atoms with E-state index < -0.39 is 0 Å². The Balaban J connectivity index is 0.00000176. The van der Waals surface area contributed by atoms with Crippen molar-refractivity contribution in [2.75, 3.05) is 6.79 Å². The molecule has 0 bridgehead atoms. The third-order valence-electron chi connectivity index (χ3n) is 3.16. The molecule has 0 spiro atoms. The molecule has 2 heterocycles. The second-order valence-corrected chi connectivity index (χ2v) is 5.70. The number of thiocarbonyl (C=S) groups is 1. The molecule has 1 aromatic carbocycles. The smallest absolute Gasteiger partial charge is 0.454 e. The summed E-state index contributed by atoms with van der Waals surface area (Å²) < 4.78 is 11.1. The average Bonchev–Trinajstić information content (AvgIpc) is 2.95. The number of pyridine rings is 1. The summed E-state index contributed by atoms with van der Waals surface area (Å²) in [6.07, 6.45) is 3.57. The van der Waals surface area contributed by atoms with Crippen LogP contribution in [0.25, 0.3) is 0 Å². The molecular weight excluding hydrogens is 509 g/mol. The molecule has 0 saturated heterocycles. The Morgan fingerprint density at radius 2 is 1.95 bits per heavy atom. The number of aromatic nitrogens is 1. The van der Waals surface area contributed by atoms with Gasteiger partial charge < -0.3 is 39.2 Å². The van der Waals surface area contributed by atoms with Gasteiger partial charge >= 0.3 is 27.3 Å². The van der Waals surface area contributed by atoms with Crippen LogP contribution in [-0.2, 0) is 25.7 Å². The molecule has 0 aliphatic carbocycles. The fraction of sp³-hybridized carbons (Fsp3) is 0.200. The van der Waals surface area contributed by atoms with E-state index in [0.717, 1.165) is 22.6 Å². The molecule has 22 heavy (non-hydrogen) atoms. The van der Waals surface area contributed by atoms with Gasteiger partial charge in [0.15, 0.2) is 11.5 Å². The summed E-state index contributed by atoms with van der Waals surface area (Å²) in [6, 6.07) is 9.78. The third kappa shape index (κ3) is 4.26. The number of fused-ring (bicyclic) bond motifs is 1. The van der Waals surface area contributed by atoms with Crippen LogP contribution in [0, 0.1) is 0 Å². The molecule has 7 heteroatoms. The first-order chi connectivity index (χ1) is 10.2. The molecule has 4 nitrogen and oxygen atoms in total. The van der Waals surface area contributed by atoms with Crippen LogP contribution in [0.1, 0.15) is 11.1 Å². The Bertz CT molecular complexity index is 655. The summed E-state index contributed by atoms with van der Waals surface area (Å²) in [5.41, 5.74) is 2.15. The van der Waals surface area contributed by atoms with E-state index in [4.69, 9.17) is 34.3 Å². The molecule has 0 N–H and O–H groups in total. The SMILES string of the molecule is S=C([S-])N(Cc1cccnc1)Cc1ccc2c(c1)OCO2.[Tl+]. The minimum Gasteiger partial charge on any atom is -0.454 e. The van der Waals surface area contributed by atoms with Crippen LogP contribution >= 0.6 is 12.2 Å². The van der Waals surface area contributed by atoms with Crippen LogP contribution in [0.15, 0.2) is 42.7 Å². The average molecular weight is 522 g/mol. The summed E-state index contributed by atoms with van der Waals surface area (Å²) in [7, 11) is 0. The molecule has 0 amide bonds. The van der Waals surface area contributed by atoms with Crippen LogP contribution in [0.5, 0.6) is 11.5 Å². The minimum atomic E-state index is 0. The molecule has 0 saturated carbocycles. The molecule has 1 aliphatic rings. The Kier molecular flexibility index (Phi) is 6.33. The Labute approximate surface area is 160 Å². The monoisotopic (exact) mass is 522 g/mol. The number of benzene rings is 1. The predicted octanol–water partition coefficient (Wildman–Crippen LogP) is 2.26. The van der Waals surface area contributed by atoms with Crippen LogP contribution < -0.4 is 9.47 Å². The van der Waals surface area contributed by atoms with E-state index in [0.29, 0.717) is 17.4 Å². The molecule has 1 aromatic heterocycles. The molecule has 0 fully saturated rings. The predicted molar refractivity (Wildman–Crippen MR) is 91.8 cm³/mol. The van der Waals surface area contributed by atoms with Crippen molar-refractivity contribution >= 4 is 56.5 Å². The van der Waals surface area contributed by atoms with Gasteiger partial charge in [-0.1, -0.05) is 16.5 Å². The Hall–Kier alpha value is -0.998. The molecule has 1 aliphatic heterocycles. The summed E-state index contributed by atoms with van der Waals surface area (Å²) in [5.74, 6) is 1.54. The van der Waals surface area contributed by atoms with Gasteiger partial charge in [0.2, 0.25) is 6.79 Å². The van der Waals surface area contributed by atoms with Gasteiger partial charge in [0.1, 0.15) is 0 Å². The van der Waals surface area contributed by atoms with Gasteiger partial charge in [-0.3, -0.25) is 4.98 Å². The number of hydrogen-bond acceptors (Lipinski definition) is 5. The van der Waals surface area contributed by atoms with E-state index in [1.807, 2.05) is 41.4 Å². The van der Waals surface area contributed by atoms with Crippen molar-refractivity contribution < 1.29 is 9.47 Å². The van der Waals surface area contributed by atoms with Crippen molar-refractivity contribution in [2.24, 2.45) is 0 Å². The second kappa shape index (κ2) is 8.02. The van der Waals surface area contributed by atoms with E-state index in [1.165, 1.54) is 0 Å². The number of hydrogen-bond donors (Lipinski definition) is 0. The van der Waals surface area contributed by atoms with Crippen LogP contribution in [0.2, 0.25) is 0 Å². The number of rotatable bonds is 4. The fourth-order valence-electron chi connectivity index (χ4n) is 2.16. The molecular formula is C15H13N2O2S2Tl. The van der Waals surface area contributed by atoms with E-state index in [2.05, 4.69) is 4.98 Å². The summed E-state index contributed by atoms with van der Waals surface area (Å²) >= 11 is 10.4. The first-order valence-corrected chi connectivity index (χ1v) is 7.27. The van der Waals surface area contributed by atoms with E-state index in [1.54, 1.807) is 6.20 Å². The van der Waals surface area contributed by atoms with E-state index >= 15 is 0 Å². The maximum absolute atomic E-state index is 5.39. The zero-order valence-electron chi connectivity index (χ0n) is 11.8. The van der Waals surface area contributed by atoms with E-state index in [-0.39, 0.29) is 34.1 Å². The minimum absolute atomic E-state index is 0. The van der Waals surface area contributed by atoms with Gasteiger partial charge in [-0.2, -0.15) is 0 Å². The molecule has 110 valence electrons. The Morgan fingerprint density at radius 3 is 2.68 bits per heavy atom. The third-order valence-corrected chi connectivity index (χ3v) is 3.68.